The van der Waals surface area contributed by atoms with E-state index in [0.29, 0.717) is 11.9 Å². The number of primary amides is 1. The molecule has 3 N–H and O–H groups in total. The number of carbonyl (C=O) groups excluding carboxylic acids is 1. The molecule has 0 atom stereocenters. The molecule has 1 aromatic rings. The lowest BCUT2D eigenvalue weighted by Gasteiger charge is -2.14. The normalized spacial score (nSPS) is 10.3. The monoisotopic (exact) mass is 208 g/mol. The Hall–Kier alpha value is -1.65. The van der Waals surface area contributed by atoms with Crippen molar-refractivity contribution in [1.29, 1.82) is 0 Å². The van der Waals surface area contributed by atoms with E-state index in [-0.39, 0.29) is 5.69 Å². The summed E-state index contributed by atoms with van der Waals surface area (Å²) in [4.78, 5) is 18.8. The van der Waals surface area contributed by atoms with Gasteiger partial charge >= 0.3 is 0 Å². The highest BCUT2D eigenvalue weighted by Gasteiger charge is 2.07. The first-order valence-electron chi connectivity index (χ1n) is 5.05. The molecule has 0 spiro atoms. The molecule has 1 amide bonds. The molecule has 1 aromatic heterocycles. The topological polar surface area (TPSA) is 80.9 Å². The molecule has 5 nitrogen and oxygen atoms in total. The number of nitrogens with zero attached hydrogens (tertiary/aromatic N) is 2. The molecule has 0 aliphatic heterocycles. The zero-order chi connectivity index (χ0) is 11.3. The predicted molar refractivity (Wildman–Crippen MR) is 58.5 cm³/mol. The zero-order valence-electron chi connectivity index (χ0n) is 9.03. The minimum absolute atomic E-state index is 0.186. The van der Waals surface area contributed by atoms with Gasteiger partial charge in [-0.2, -0.15) is 0 Å². The van der Waals surface area contributed by atoms with Crippen molar-refractivity contribution in [2.24, 2.45) is 5.73 Å². The van der Waals surface area contributed by atoms with Gasteiger partial charge in [0.2, 0.25) is 0 Å². The summed E-state index contributed by atoms with van der Waals surface area (Å²) >= 11 is 0. The van der Waals surface area contributed by atoms with Crippen LogP contribution in [0.1, 0.15) is 37.2 Å². The number of aromatic nitrogens is 2. The number of amides is 1. The number of nitrogens with one attached hydrogen (secondary N) is 1. The third-order valence-corrected chi connectivity index (χ3v) is 2.22. The first kappa shape index (κ1) is 11.4. The molecule has 1 rings (SSSR count). The average Bonchev–Trinajstić information content (AvgIpc) is 2.26. The van der Waals surface area contributed by atoms with E-state index in [0.717, 1.165) is 12.8 Å². The molecule has 0 radical (unpaired) electrons. The largest absolute Gasteiger partial charge is 0.366 e. The Labute approximate surface area is 89.1 Å². The quantitative estimate of drug-likeness (QED) is 0.761. The molecule has 0 unspecified atom stereocenters. The number of anilines is 1. The van der Waals surface area contributed by atoms with Crippen molar-refractivity contribution in [3.8, 4) is 0 Å². The van der Waals surface area contributed by atoms with Crippen LogP contribution < -0.4 is 11.1 Å². The maximum atomic E-state index is 10.9. The van der Waals surface area contributed by atoms with Gasteiger partial charge in [0.25, 0.3) is 5.91 Å². The summed E-state index contributed by atoms with van der Waals surface area (Å²) in [6.45, 7) is 4.18. The molecule has 0 fully saturated rings. The molecule has 5 heteroatoms. The van der Waals surface area contributed by atoms with E-state index in [1.165, 1.54) is 6.20 Å². The van der Waals surface area contributed by atoms with Crippen LogP contribution in [0.5, 0.6) is 0 Å². The molecule has 0 saturated carbocycles. The predicted octanol–water partition coefficient (Wildman–Crippen LogP) is 1.18. The zero-order valence-corrected chi connectivity index (χ0v) is 9.03. The number of rotatable bonds is 5. The van der Waals surface area contributed by atoms with E-state index in [9.17, 15) is 4.79 Å². The van der Waals surface area contributed by atoms with Crippen LogP contribution in [0, 0.1) is 0 Å². The minimum atomic E-state index is -0.560. The summed E-state index contributed by atoms with van der Waals surface area (Å²) in [5, 5.41) is 3.19. The van der Waals surface area contributed by atoms with Crippen molar-refractivity contribution < 1.29 is 4.79 Å². The van der Waals surface area contributed by atoms with E-state index < -0.39 is 5.91 Å². The molecule has 82 valence electrons. The number of nitrogens with two attached hydrogens (primary N) is 1. The van der Waals surface area contributed by atoms with Crippen LogP contribution in [-0.4, -0.2) is 21.9 Å². The number of hydrogen-bond acceptors (Lipinski definition) is 4. The van der Waals surface area contributed by atoms with E-state index in [1.54, 1.807) is 6.20 Å². The van der Waals surface area contributed by atoms with Gasteiger partial charge in [-0.05, 0) is 12.8 Å². The molecule has 0 aromatic carbocycles. The van der Waals surface area contributed by atoms with Gasteiger partial charge in [0.1, 0.15) is 11.5 Å². The van der Waals surface area contributed by atoms with Gasteiger partial charge in [0.05, 0.1) is 12.4 Å². The van der Waals surface area contributed by atoms with Crippen molar-refractivity contribution in [1.82, 2.24) is 9.97 Å². The lowest BCUT2D eigenvalue weighted by atomic mass is 10.2. The maximum Gasteiger partial charge on any atom is 0.268 e. The van der Waals surface area contributed by atoms with Gasteiger partial charge in [0.15, 0.2) is 0 Å². The van der Waals surface area contributed by atoms with Crippen LogP contribution in [-0.2, 0) is 0 Å². The Morgan fingerprint density at radius 2 is 2.13 bits per heavy atom. The average molecular weight is 208 g/mol. The summed E-state index contributed by atoms with van der Waals surface area (Å²) in [6.07, 6.45) is 4.95. The Morgan fingerprint density at radius 3 is 2.67 bits per heavy atom. The summed E-state index contributed by atoms with van der Waals surface area (Å²) in [7, 11) is 0. The highest BCUT2D eigenvalue weighted by Crippen LogP contribution is 2.07. The number of carbonyl (C=O) groups is 1. The second-order valence-corrected chi connectivity index (χ2v) is 3.31. The van der Waals surface area contributed by atoms with Gasteiger partial charge in [0, 0.05) is 6.04 Å². The van der Waals surface area contributed by atoms with Crippen LogP contribution in [0.3, 0.4) is 0 Å². The van der Waals surface area contributed by atoms with Crippen LogP contribution in [0.2, 0.25) is 0 Å². The van der Waals surface area contributed by atoms with Crippen LogP contribution in [0.15, 0.2) is 12.4 Å². The third-order valence-electron chi connectivity index (χ3n) is 2.22. The first-order valence-corrected chi connectivity index (χ1v) is 5.05. The van der Waals surface area contributed by atoms with Crippen LogP contribution >= 0.6 is 0 Å². The van der Waals surface area contributed by atoms with Gasteiger partial charge in [-0.1, -0.05) is 13.8 Å². The van der Waals surface area contributed by atoms with Crippen molar-refractivity contribution in [3.05, 3.63) is 18.1 Å². The summed E-state index contributed by atoms with van der Waals surface area (Å²) in [5.74, 6) is 0.0377. The molecular formula is C10H16N4O. The Morgan fingerprint density at radius 1 is 1.47 bits per heavy atom. The van der Waals surface area contributed by atoms with Crippen molar-refractivity contribution in [2.75, 3.05) is 5.32 Å². The second kappa shape index (κ2) is 5.29. The highest BCUT2D eigenvalue weighted by atomic mass is 16.1. The lowest BCUT2D eigenvalue weighted by molar-refractivity contribution is 0.0995. The van der Waals surface area contributed by atoms with E-state index in [2.05, 4.69) is 29.1 Å². The third kappa shape index (κ3) is 3.19. The molecular weight excluding hydrogens is 192 g/mol. The summed E-state index contributed by atoms with van der Waals surface area (Å²) in [5.41, 5.74) is 5.30. The van der Waals surface area contributed by atoms with Crippen molar-refractivity contribution in [2.45, 2.75) is 32.7 Å². The maximum absolute atomic E-state index is 10.9. The smallest absolute Gasteiger partial charge is 0.268 e. The van der Waals surface area contributed by atoms with Gasteiger partial charge in [-0.3, -0.25) is 9.78 Å². The van der Waals surface area contributed by atoms with Crippen LogP contribution in [0.25, 0.3) is 0 Å². The summed E-state index contributed by atoms with van der Waals surface area (Å²) in [6, 6.07) is 0.349. The first-order chi connectivity index (χ1) is 7.17. The fraction of sp³-hybridized carbons (Fsp3) is 0.500. The van der Waals surface area contributed by atoms with Gasteiger partial charge in [-0.25, -0.2) is 4.98 Å². The van der Waals surface area contributed by atoms with Crippen LogP contribution in [0.4, 0.5) is 5.82 Å². The second-order valence-electron chi connectivity index (χ2n) is 3.31. The fourth-order valence-electron chi connectivity index (χ4n) is 1.26. The Bertz CT molecular complexity index is 336. The van der Waals surface area contributed by atoms with E-state index in [1.807, 2.05) is 0 Å². The molecule has 15 heavy (non-hydrogen) atoms. The molecule has 1 heterocycles. The molecule has 0 bridgehead atoms. The van der Waals surface area contributed by atoms with Gasteiger partial charge in [-0.15, -0.1) is 0 Å². The lowest BCUT2D eigenvalue weighted by Crippen LogP contribution is -2.20. The molecule has 0 saturated heterocycles. The Balaban J connectivity index is 2.77. The fourth-order valence-corrected chi connectivity index (χ4v) is 1.26. The Kier molecular flexibility index (Phi) is 4.03. The molecule has 0 aliphatic rings. The molecule has 0 aliphatic carbocycles. The van der Waals surface area contributed by atoms with Crippen molar-refractivity contribution >= 4 is 11.7 Å². The summed E-state index contributed by atoms with van der Waals surface area (Å²) < 4.78 is 0. The SMILES string of the molecule is CCC(CC)Nc1cncc(C(N)=O)n1. The highest BCUT2D eigenvalue weighted by molar-refractivity contribution is 5.90. The minimum Gasteiger partial charge on any atom is -0.366 e. The van der Waals surface area contributed by atoms with Crippen molar-refractivity contribution in [3.63, 3.8) is 0 Å². The standard InChI is InChI=1S/C10H16N4O/c1-3-7(4-2)13-9-6-12-5-8(14-9)10(11)15/h5-7H,3-4H2,1-2H3,(H2,11,15)(H,13,14). The van der Waals surface area contributed by atoms with E-state index >= 15 is 0 Å². The van der Waals surface area contributed by atoms with E-state index in [4.69, 9.17) is 5.73 Å². The number of hydrogen-bond donors (Lipinski definition) is 2. The van der Waals surface area contributed by atoms with Gasteiger partial charge < -0.3 is 11.1 Å².